The maximum absolute atomic E-state index is 2.64. The van der Waals surface area contributed by atoms with Gasteiger partial charge in [0.15, 0.2) is 0 Å². The predicted octanol–water partition coefficient (Wildman–Crippen LogP) is 4.32. The van der Waals surface area contributed by atoms with Gasteiger partial charge in [0.05, 0.1) is 0 Å². The minimum Gasteiger partial charge on any atom is -0.303 e. The molecule has 1 heteroatoms. The fourth-order valence-electron chi connectivity index (χ4n) is 1.74. The molecule has 0 bridgehead atoms. The van der Waals surface area contributed by atoms with Gasteiger partial charge in [-0.1, -0.05) is 47.5 Å². The quantitative estimate of drug-likeness (QED) is 0.657. The molecule has 0 aromatic carbocycles. The van der Waals surface area contributed by atoms with E-state index >= 15 is 0 Å². The van der Waals surface area contributed by atoms with Crippen LogP contribution in [-0.2, 0) is 0 Å². The van der Waals surface area contributed by atoms with Crippen LogP contribution in [-0.4, -0.2) is 24.5 Å². The summed E-state index contributed by atoms with van der Waals surface area (Å²) in [5.74, 6) is 0. The minimum atomic E-state index is 0. The Bertz CT molecular complexity index is 83.2. The van der Waals surface area contributed by atoms with Gasteiger partial charge in [0.1, 0.15) is 0 Å². The first-order valence-electron chi connectivity index (χ1n) is 6.16. The average Bonchev–Trinajstić information content (AvgIpc) is 2.46. The highest BCUT2D eigenvalue weighted by Gasteiger charge is 2.06. The van der Waals surface area contributed by atoms with Crippen molar-refractivity contribution in [2.75, 3.05) is 19.6 Å². The van der Waals surface area contributed by atoms with E-state index in [9.17, 15) is 0 Å². The first-order valence-corrected chi connectivity index (χ1v) is 6.16. The summed E-state index contributed by atoms with van der Waals surface area (Å²) in [4.78, 5) is 2.64. The van der Waals surface area contributed by atoms with Crippen LogP contribution >= 0.6 is 0 Å². The molecule has 1 saturated heterocycles. The van der Waals surface area contributed by atoms with Crippen LogP contribution in [0.3, 0.4) is 0 Å². The summed E-state index contributed by atoms with van der Waals surface area (Å²) in [5, 5.41) is 0. The number of unbranched alkanes of at least 4 members (excludes halogenated alkanes) is 1. The number of rotatable bonds is 3. The molecule has 0 aromatic heterocycles. The Balaban J connectivity index is 0. The van der Waals surface area contributed by atoms with E-state index in [1.54, 1.807) is 0 Å². The maximum Gasteiger partial charge on any atom is -0.00187 e. The second-order valence-corrected chi connectivity index (χ2v) is 3.61. The zero-order chi connectivity index (χ0) is 9.94. The first kappa shape index (κ1) is 16.4. The molecule has 0 aliphatic carbocycles. The van der Waals surface area contributed by atoms with Gasteiger partial charge in [-0.15, -0.1) is 0 Å². The third-order valence-corrected chi connectivity index (χ3v) is 2.53. The van der Waals surface area contributed by atoms with Crippen molar-refractivity contribution in [3.05, 3.63) is 0 Å². The van der Waals surface area contributed by atoms with Gasteiger partial charge in [-0.05, 0) is 38.9 Å². The summed E-state index contributed by atoms with van der Waals surface area (Å²) in [6.07, 6.45) is 8.52. The van der Waals surface area contributed by atoms with Crippen LogP contribution in [0.5, 0.6) is 0 Å². The van der Waals surface area contributed by atoms with Crippen molar-refractivity contribution in [1.82, 2.24) is 4.90 Å². The Morgan fingerprint density at radius 3 is 1.86 bits per heavy atom. The van der Waals surface area contributed by atoms with E-state index in [1.807, 2.05) is 13.8 Å². The summed E-state index contributed by atoms with van der Waals surface area (Å²) in [5.41, 5.74) is 0. The van der Waals surface area contributed by atoms with E-state index in [0.717, 1.165) is 0 Å². The molecule has 88 valence electrons. The standard InChI is InChI=1S/C10H21N.C2H6.CH4/c1-2-3-8-11-9-6-4-5-7-10-11;1-2;/h2-10H2,1H3;1-2H3;1H4. The maximum atomic E-state index is 2.64. The van der Waals surface area contributed by atoms with Crippen LogP contribution in [0.1, 0.15) is 66.7 Å². The molecule has 0 spiro atoms. The highest BCUT2D eigenvalue weighted by Crippen LogP contribution is 2.09. The molecule has 0 radical (unpaired) electrons. The molecule has 1 rings (SSSR count). The van der Waals surface area contributed by atoms with Crippen LogP contribution in [0, 0.1) is 0 Å². The van der Waals surface area contributed by atoms with Gasteiger partial charge in [-0.2, -0.15) is 0 Å². The number of hydrogen-bond donors (Lipinski definition) is 0. The largest absolute Gasteiger partial charge is 0.303 e. The second-order valence-electron chi connectivity index (χ2n) is 3.61. The topological polar surface area (TPSA) is 3.24 Å². The number of likely N-dealkylation sites (tertiary alicyclic amines) is 1. The first-order chi connectivity index (χ1) is 6.43. The van der Waals surface area contributed by atoms with E-state index in [0.29, 0.717) is 0 Å². The van der Waals surface area contributed by atoms with Crippen LogP contribution in [0.2, 0.25) is 0 Å². The summed E-state index contributed by atoms with van der Waals surface area (Å²) < 4.78 is 0. The molecule has 1 aliphatic heterocycles. The molecule has 0 atom stereocenters. The highest BCUT2D eigenvalue weighted by molar-refractivity contribution is 4.62. The molecule has 0 amide bonds. The van der Waals surface area contributed by atoms with E-state index in [4.69, 9.17) is 0 Å². The fraction of sp³-hybridized carbons (Fsp3) is 1.00. The lowest BCUT2D eigenvalue weighted by atomic mass is 10.2. The third kappa shape index (κ3) is 8.55. The molecule has 1 heterocycles. The zero-order valence-electron chi connectivity index (χ0n) is 9.81. The summed E-state index contributed by atoms with van der Waals surface area (Å²) in [7, 11) is 0. The smallest absolute Gasteiger partial charge is 0.00187 e. The van der Waals surface area contributed by atoms with Crippen molar-refractivity contribution in [2.24, 2.45) is 0 Å². The Kier molecular flexibility index (Phi) is 15.2. The Hall–Kier alpha value is -0.0400. The Morgan fingerprint density at radius 1 is 0.929 bits per heavy atom. The van der Waals surface area contributed by atoms with E-state index in [1.165, 1.54) is 58.2 Å². The van der Waals surface area contributed by atoms with Crippen molar-refractivity contribution < 1.29 is 0 Å². The van der Waals surface area contributed by atoms with Crippen molar-refractivity contribution in [3.8, 4) is 0 Å². The monoisotopic (exact) mass is 201 g/mol. The molecule has 0 unspecified atom stereocenters. The Labute approximate surface area is 91.9 Å². The molecule has 1 nitrogen and oxygen atoms in total. The van der Waals surface area contributed by atoms with Crippen LogP contribution < -0.4 is 0 Å². The van der Waals surface area contributed by atoms with Crippen molar-refractivity contribution in [1.29, 1.82) is 0 Å². The van der Waals surface area contributed by atoms with Gasteiger partial charge in [0.2, 0.25) is 0 Å². The number of hydrogen-bond acceptors (Lipinski definition) is 1. The normalized spacial score (nSPS) is 17.4. The van der Waals surface area contributed by atoms with E-state index in [-0.39, 0.29) is 7.43 Å². The van der Waals surface area contributed by atoms with Gasteiger partial charge < -0.3 is 4.90 Å². The summed E-state index contributed by atoms with van der Waals surface area (Å²) in [6, 6.07) is 0. The van der Waals surface area contributed by atoms with E-state index in [2.05, 4.69) is 11.8 Å². The summed E-state index contributed by atoms with van der Waals surface area (Å²) >= 11 is 0. The average molecular weight is 201 g/mol. The fourth-order valence-corrected chi connectivity index (χ4v) is 1.74. The molecule has 0 saturated carbocycles. The van der Waals surface area contributed by atoms with Crippen molar-refractivity contribution >= 4 is 0 Å². The van der Waals surface area contributed by atoms with Crippen molar-refractivity contribution in [3.63, 3.8) is 0 Å². The zero-order valence-corrected chi connectivity index (χ0v) is 9.81. The van der Waals surface area contributed by atoms with E-state index < -0.39 is 0 Å². The lowest BCUT2D eigenvalue weighted by Gasteiger charge is -2.18. The molecule has 0 aromatic rings. The van der Waals surface area contributed by atoms with Gasteiger partial charge in [-0.25, -0.2) is 0 Å². The van der Waals surface area contributed by atoms with Crippen LogP contribution in [0.25, 0.3) is 0 Å². The lowest BCUT2D eigenvalue weighted by Crippen LogP contribution is -2.25. The molecule has 0 N–H and O–H groups in total. The summed E-state index contributed by atoms with van der Waals surface area (Å²) in [6.45, 7) is 10.3. The third-order valence-electron chi connectivity index (χ3n) is 2.53. The molecule has 1 aliphatic rings. The van der Waals surface area contributed by atoms with Gasteiger partial charge >= 0.3 is 0 Å². The molecule has 1 fully saturated rings. The van der Waals surface area contributed by atoms with Gasteiger partial charge in [-0.3, -0.25) is 0 Å². The second kappa shape index (κ2) is 13.0. The Morgan fingerprint density at radius 2 is 1.43 bits per heavy atom. The van der Waals surface area contributed by atoms with Gasteiger partial charge in [0.25, 0.3) is 0 Å². The van der Waals surface area contributed by atoms with Crippen molar-refractivity contribution in [2.45, 2.75) is 66.7 Å². The molecular formula is C13H31N. The predicted molar refractivity (Wildman–Crippen MR) is 67.9 cm³/mol. The van der Waals surface area contributed by atoms with Crippen LogP contribution in [0.15, 0.2) is 0 Å². The molecule has 14 heavy (non-hydrogen) atoms. The molecular weight excluding hydrogens is 170 g/mol. The SMILES string of the molecule is C.CC.CCCCN1CCCCCC1. The van der Waals surface area contributed by atoms with Gasteiger partial charge in [0, 0.05) is 0 Å². The lowest BCUT2D eigenvalue weighted by molar-refractivity contribution is 0.280. The minimum absolute atomic E-state index is 0. The van der Waals surface area contributed by atoms with Crippen LogP contribution in [0.4, 0.5) is 0 Å². The number of nitrogens with zero attached hydrogens (tertiary/aromatic N) is 1. The highest BCUT2D eigenvalue weighted by atomic mass is 15.1.